The molecule has 0 bridgehead atoms. The van der Waals surface area contributed by atoms with Crippen molar-refractivity contribution in [2.24, 2.45) is 0 Å². The Balaban J connectivity index is 1.34. The highest BCUT2D eigenvalue weighted by Crippen LogP contribution is 2.27. The highest BCUT2D eigenvalue weighted by Gasteiger charge is 2.34. The average molecular weight is 366 g/mol. The number of rotatable bonds is 4. The Bertz CT molecular complexity index is 782. The van der Waals surface area contributed by atoms with Gasteiger partial charge >= 0.3 is 0 Å². The van der Waals surface area contributed by atoms with Crippen LogP contribution in [0.25, 0.3) is 0 Å². The second-order valence-corrected chi connectivity index (χ2v) is 7.79. The predicted molar refractivity (Wildman–Crippen MR) is 88.9 cm³/mol. The van der Waals surface area contributed by atoms with Gasteiger partial charge in [0.1, 0.15) is 5.69 Å². The highest BCUT2D eigenvalue weighted by molar-refractivity contribution is 7.17. The molecular formula is C15H16ClN5O2S. The van der Waals surface area contributed by atoms with E-state index in [1.165, 1.54) is 11.3 Å². The molecule has 2 aliphatic rings. The van der Waals surface area contributed by atoms with Crippen LogP contribution in [0.1, 0.15) is 34.2 Å². The number of halogens is 1. The molecule has 0 aliphatic carbocycles. The van der Waals surface area contributed by atoms with Crippen molar-refractivity contribution in [2.75, 3.05) is 19.6 Å². The average Bonchev–Trinajstić information content (AvgIpc) is 3.22. The number of nitrogens with zero attached hydrogens (tertiary/aromatic N) is 5. The molecule has 0 radical (unpaired) electrons. The molecule has 4 heterocycles. The van der Waals surface area contributed by atoms with E-state index in [1.807, 2.05) is 11.1 Å². The van der Waals surface area contributed by atoms with Crippen molar-refractivity contribution in [3.8, 4) is 0 Å². The number of carbonyl (C=O) groups excluding carboxylic acids is 2. The van der Waals surface area contributed by atoms with E-state index in [2.05, 4.69) is 10.3 Å². The van der Waals surface area contributed by atoms with Gasteiger partial charge in [-0.25, -0.2) is 4.68 Å². The van der Waals surface area contributed by atoms with Crippen LogP contribution in [0, 0.1) is 0 Å². The number of aromatic nitrogens is 3. The maximum atomic E-state index is 12.3. The molecule has 0 spiro atoms. The van der Waals surface area contributed by atoms with Crippen LogP contribution in [-0.4, -0.2) is 56.2 Å². The normalized spacial score (nSPS) is 18.3. The van der Waals surface area contributed by atoms with Crippen molar-refractivity contribution < 1.29 is 9.59 Å². The molecule has 2 saturated heterocycles. The third-order valence-electron chi connectivity index (χ3n) is 4.39. The molecule has 4 rings (SSSR count). The summed E-state index contributed by atoms with van der Waals surface area (Å²) in [6.07, 6.45) is 3.42. The van der Waals surface area contributed by atoms with Gasteiger partial charge in [0.25, 0.3) is 5.91 Å². The first kappa shape index (κ1) is 15.6. The summed E-state index contributed by atoms with van der Waals surface area (Å²) < 4.78 is 2.41. The van der Waals surface area contributed by atoms with Gasteiger partial charge in [0.05, 0.1) is 28.0 Å². The van der Waals surface area contributed by atoms with Crippen LogP contribution < -0.4 is 0 Å². The lowest BCUT2D eigenvalue weighted by molar-refractivity contribution is -0.128. The first-order valence-electron chi connectivity index (χ1n) is 7.83. The molecule has 9 heteroatoms. The monoisotopic (exact) mass is 365 g/mol. The fourth-order valence-corrected chi connectivity index (χ4v) is 4.02. The number of amides is 2. The molecule has 2 aromatic rings. The molecule has 0 N–H and O–H groups in total. The summed E-state index contributed by atoms with van der Waals surface area (Å²) in [5.74, 6) is 0.186. The molecule has 7 nitrogen and oxygen atoms in total. The standard InChI is InChI=1S/C15H16ClN5O2S/c16-13-4-3-12(24-13)15(23)20-8-11(9-20)21-7-10(17-18-21)6-19-5-1-2-14(19)22/h3-4,7,11H,1-2,5-6,8-9H2. The number of hydrogen-bond acceptors (Lipinski definition) is 5. The molecule has 2 aliphatic heterocycles. The van der Waals surface area contributed by atoms with E-state index in [9.17, 15) is 9.59 Å². The molecule has 0 unspecified atom stereocenters. The predicted octanol–water partition coefficient (Wildman–Crippen LogP) is 1.81. The van der Waals surface area contributed by atoms with E-state index < -0.39 is 0 Å². The first-order chi connectivity index (χ1) is 11.6. The van der Waals surface area contributed by atoms with Gasteiger partial charge in [-0.1, -0.05) is 16.8 Å². The van der Waals surface area contributed by atoms with Crippen LogP contribution >= 0.6 is 22.9 Å². The molecule has 2 amide bonds. The molecule has 2 fully saturated rings. The van der Waals surface area contributed by atoms with E-state index >= 15 is 0 Å². The Hall–Kier alpha value is -1.93. The van der Waals surface area contributed by atoms with E-state index in [4.69, 9.17) is 11.6 Å². The fraction of sp³-hybridized carbons (Fsp3) is 0.467. The van der Waals surface area contributed by atoms with Gasteiger partial charge in [0, 0.05) is 26.1 Å². The maximum absolute atomic E-state index is 12.3. The van der Waals surface area contributed by atoms with Crippen molar-refractivity contribution in [3.05, 3.63) is 33.2 Å². The zero-order valence-corrected chi connectivity index (χ0v) is 14.5. The van der Waals surface area contributed by atoms with Gasteiger partial charge < -0.3 is 9.80 Å². The summed E-state index contributed by atoms with van der Waals surface area (Å²) in [4.78, 5) is 28.2. The van der Waals surface area contributed by atoms with E-state index in [1.54, 1.807) is 21.7 Å². The zero-order chi connectivity index (χ0) is 16.7. The summed E-state index contributed by atoms with van der Waals surface area (Å²) >= 11 is 7.17. The highest BCUT2D eigenvalue weighted by atomic mass is 35.5. The zero-order valence-electron chi connectivity index (χ0n) is 12.9. The topological polar surface area (TPSA) is 71.3 Å². The third kappa shape index (κ3) is 2.91. The largest absolute Gasteiger partial charge is 0.337 e. The third-order valence-corrected chi connectivity index (χ3v) is 5.61. The second kappa shape index (κ2) is 6.18. The SMILES string of the molecule is O=C1CCCN1Cc1cn(C2CN(C(=O)c3ccc(Cl)s3)C2)nn1. The number of hydrogen-bond donors (Lipinski definition) is 0. The minimum absolute atomic E-state index is 0.00570. The lowest BCUT2D eigenvalue weighted by atomic mass is 10.1. The lowest BCUT2D eigenvalue weighted by Gasteiger charge is -2.38. The van der Waals surface area contributed by atoms with Gasteiger partial charge in [0.2, 0.25) is 5.91 Å². The van der Waals surface area contributed by atoms with Gasteiger partial charge in [-0.15, -0.1) is 16.4 Å². The Kier molecular flexibility index (Phi) is 4.01. The van der Waals surface area contributed by atoms with E-state index in [-0.39, 0.29) is 17.9 Å². The van der Waals surface area contributed by atoms with Crippen molar-refractivity contribution >= 4 is 34.8 Å². The molecule has 0 saturated carbocycles. The van der Waals surface area contributed by atoms with Gasteiger partial charge in [0.15, 0.2) is 0 Å². The van der Waals surface area contributed by atoms with E-state index in [0.717, 1.165) is 18.7 Å². The summed E-state index contributed by atoms with van der Waals surface area (Å²) in [7, 11) is 0. The van der Waals surface area contributed by atoms with Gasteiger partial charge in [-0.05, 0) is 18.6 Å². The van der Waals surface area contributed by atoms with Crippen LogP contribution in [-0.2, 0) is 11.3 Å². The van der Waals surface area contributed by atoms with Gasteiger partial charge in [-0.2, -0.15) is 0 Å². The molecule has 126 valence electrons. The van der Waals surface area contributed by atoms with Crippen LogP contribution in [0.2, 0.25) is 4.34 Å². The molecule has 0 aromatic carbocycles. The van der Waals surface area contributed by atoms with Crippen molar-refractivity contribution in [2.45, 2.75) is 25.4 Å². The summed E-state index contributed by atoms with van der Waals surface area (Å²) in [6.45, 7) is 2.53. The fourth-order valence-electron chi connectivity index (χ4n) is 3.00. The van der Waals surface area contributed by atoms with Crippen molar-refractivity contribution in [1.29, 1.82) is 0 Å². The van der Waals surface area contributed by atoms with Crippen LogP contribution in [0.5, 0.6) is 0 Å². The Labute approximate surface area is 147 Å². The lowest BCUT2D eigenvalue weighted by Crippen LogP contribution is -2.50. The van der Waals surface area contributed by atoms with Crippen LogP contribution in [0.15, 0.2) is 18.3 Å². The minimum atomic E-state index is 0.00570. The van der Waals surface area contributed by atoms with E-state index in [0.29, 0.717) is 35.3 Å². The first-order valence-corrected chi connectivity index (χ1v) is 9.03. The number of thiophene rings is 1. The number of carbonyl (C=O) groups is 2. The molecule has 2 aromatic heterocycles. The Morgan fingerprint density at radius 3 is 2.88 bits per heavy atom. The summed E-state index contributed by atoms with van der Waals surface area (Å²) in [5, 5.41) is 8.30. The second-order valence-electron chi connectivity index (χ2n) is 6.08. The summed E-state index contributed by atoms with van der Waals surface area (Å²) in [6, 6.07) is 3.63. The number of likely N-dealkylation sites (tertiary alicyclic amines) is 2. The molecule has 24 heavy (non-hydrogen) atoms. The maximum Gasteiger partial charge on any atom is 0.264 e. The Morgan fingerprint density at radius 1 is 1.38 bits per heavy atom. The quantitative estimate of drug-likeness (QED) is 0.828. The van der Waals surface area contributed by atoms with Crippen LogP contribution in [0.3, 0.4) is 0 Å². The van der Waals surface area contributed by atoms with Crippen molar-refractivity contribution in [3.63, 3.8) is 0 Å². The van der Waals surface area contributed by atoms with Crippen molar-refractivity contribution in [1.82, 2.24) is 24.8 Å². The van der Waals surface area contributed by atoms with Crippen LogP contribution in [0.4, 0.5) is 0 Å². The minimum Gasteiger partial charge on any atom is -0.337 e. The smallest absolute Gasteiger partial charge is 0.264 e. The molecular weight excluding hydrogens is 350 g/mol. The molecule has 0 atom stereocenters. The summed E-state index contributed by atoms with van der Waals surface area (Å²) in [5.41, 5.74) is 0.792. The van der Waals surface area contributed by atoms with Gasteiger partial charge in [-0.3, -0.25) is 9.59 Å². The Morgan fingerprint density at radius 2 is 2.21 bits per heavy atom.